The first kappa shape index (κ1) is 36.7. The van der Waals surface area contributed by atoms with Gasteiger partial charge in [0.15, 0.2) is 18.3 Å². The summed E-state index contributed by atoms with van der Waals surface area (Å²) in [5, 5.41) is 12.0. The Bertz CT molecular complexity index is 1530. The highest BCUT2D eigenvalue weighted by Gasteiger charge is 2.45. The number of hydrogen-bond donors (Lipinski definition) is 1. The van der Waals surface area contributed by atoms with Gasteiger partial charge in [0.2, 0.25) is 0 Å². The van der Waals surface area contributed by atoms with Crippen molar-refractivity contribution in [3.05, 3.63) is 144 Å². The number of benzene rings is 4. The normalized spacial score (nSPS) is 13.6. The third-order valence-corrected chi connectivity index (χ3v) is 9.83. The summed E-state index contributed by atoms with van der Waals surface area (Å²) < 4.78 is 23.8. The molecule has 8 nitrogen and oxygen atoms in total. The molecule has 0 amide bonds. The lowest BCUT2D eigenvalue weighted by Gasteiger charge is -2.37. The van der Waals surface area contributed by atoms with Gasteiger partial charge in [-0.3, -0.25) is 0 Å². The van der Waals surface area contributed by atoms with Crippen molar-refractivity contribution < 1.29 is 38.4 Å². The molecule has 0 aliphatic carbocycles. The number of ether oxygens (including phenoxy) is 4. The van der Waals surface area contributed by atoms with E-state index in [-0.39, 0.29) is 29.9 Å². The van der Waals surface area contributed by atoms with Crippen LogP contribution in [-0.4, -0.2) is 70.1 Å². The molecule has 0 radical (unpaired) electrons. The fourth-order valence-electron chi connectivity index (χ4n) is 4.79. The number of esters is 3. The zero-order chi connectivity index (χ0) is 34.1. The van der Waals surface area contributed by atoms with Crippen molar-refractivity contribution in [1.82, 2.24) is 0 Å². The number of aliphatic hydroxyl groups excluding tert-OH is 1. The van der Waals surface area contributed by atoms with E-state index in [4.69, 9.17) is 18.9 Å². The first-order chi connectivity index (χ1) is 23.4. The van der Waals surface area contributed by atoms with Gasteiger partial charge in [0, 0.05) is 0 Å². The maximum atomic E-state index is 13.7. The molecular formula is C38H40O8S2. The minimum absolute atomic E-state index is 0.163. The van der Waals surface area contributed by atoms with Crippen LogP contribution in [0.25, 0.3) is 0 Å². The molecule has 252 valence electrons. The number of hydrogen-bond acceptors (Lipinski definition) is 10. The fraction of sp³-hybridized carbons (Fsp3) is 0.289. The van der Waals surface area contributed by atoms with Crippen molar-refractivity contribution in [3.8, 4) is 0 Å². The van der Waals surface area contributed by atoms with Crippen LogP contribution in [0.3, 0.4) is 0 Å². The van der Waals surface area contributed by atoms with Gasteiger partial charge < -0.3 is 24.1 Å². The Labute approximate surface area is 290 Å². The first-order valence-corrected chi connectivity index (χ1v) is 17.8. The number of carbonyl (C=O) groups excluding carboxylic acids is 3. The molecule has 10 heteroatoms. The summed E-state index contributed by atoms with van der Waals surface area (Å²) >= 11 is 2.95. The quantitative estimate of drug-likeness (QED) is 0.0662. The lowest BCUT2D eigenvalue weighted by atomic mass is 10.0. The van der Waals surface area contributed by atoms with E-state index in [0.717, 1.165) is 5.56 Å². The first-order valence-electron chi connectivity index (χ1n) is 15.7. The van der Waals surface area contributed by atoms with Crippen molar-refractivity contribution in [2.75, 3.05) is 18.1 Å². The van der Waals surface area contributed by atoms with Crippen LogP contribution in [0.15, 0.2) is 121 Å². The summed E-state index contributed by atoms with van der Waals surface area (Å²) in [6, 6.07) is 34.4. The topological polar surface area (TPSA) is 108 Å². The zero-order valence-corrected chi connectivity index (χ0v) is 28.5. The van der Waals surface area contributed by atoms with E-state index in [1.165, 1.54) is 23.5 Å². The Morgan fingerprint density at radius 1 is 0.583 bits per heavy atom. The van der Waals surface area contributed by atoms with E-state index in [0.29, 0.717) is 11.5 Å². The molecule has 4 aromatic carbocycles. The second-order valence-electron chi connectivity index (χ2n) is 10.6. The van der Waals surface area contributed by atoms with Crippen LogP contribution in [0.1, 0.15) is 50.5 Å². The van der Waals surface area contributed by atoms with E-state index in [2.05, 4.69) is 0 Å². The largest absolute Gasteiger partial charge is 0.452 e. The summed E-state index contributed by atoms with van der Waals surface area (Å²) in [6.07, 6.45) is -5.56. The third-order valence-electron chi connectivity index (χ3n) is 7.13. The summed E-state index contributed by atoms with van der Waals surface area (Å²) in [5.41, 5.74) is 1.60. The number of aliphatic hydroxyl groups is 1. The molecule has 0 bridgehead atoms. The molecule has 0 heterocycles. The van der Waals surface area contributed by atoms with Crippen LogP contribution in [0.4, 0.5) is 0 Å². The van der Waals surface area contributed by atoms with Gasteiger partial charge in [-0.2, -0.15) is 0 Å². The van der Waals surface area contributed by atoms with Crippen molar-refractivity contribution in [3.63, 3.8) is 0 Å². The Balaban J connectivity index is 1.78. The average molecular weight is 689 g/mol. The number of carbonyl (C=O) groups is 3. The van der Waals surface area contributed by atoms with Crippen LogP contribution in [-0.2, 0) is 25.6 Å². The summed E-state index contributed by atoms with van der Waals surface area (Å²) in [4.78, 5) is 40.8. The lowest BCUT2D eigenvalue weighted by Crippen LogP contribution is -2.54. The van der Waals surface area contributed by atoms with Crippen LogP contribution >= 0.6 is 23.5 Å². The highest BCUT2D eigenvalue weighted by atomic mass is 32.2. The second kappa shape index (κ2) is 19.7. The SMILES string of the molecule is CCSC(SCC)[C@H](O)[C@H](OC(=O)c1ccccc1)[C@@H](OC(=O)c1ccccc1)[C@H](COCc1ccccc1)OC(=O)c1ccccc1. The summed E-state index contributed by atoms with van der Waals surface area (Å²) in [6.45, 7) is 3.84. The summed E-state index contributed by atoms with van der Waals surface area (Å²) in [7, 11) is 0. The maximum absolute atomic E-state index is 13.7. The van der Waals surface area contributed by atoms with Crippen molar-refractivity contribution >= 4 is 41.4 Å². The van der Waals surface area contributed by atoms with Gasteiger partial charge in [0.1, 0.15) is 6.10 Å². The van der Waals surface area contributed by atoms with E-state index in [9.17, 15) is 19.5 Å². The Morgan fingerprint density at radius 3 is 1.42 bits per heavy atom. The summed E-state index contributed by atoms with van der Waals surface area (Å²) in [5.74, 6) is -0.861. The molecule has 0 saturated carbocycles. The van der Waals surface area contributed by atoms with Gasteiger partial charge in [-0.25, -0.2) is 14.4 Å². The van der Waals surface area contributed by atoms with Crippen molar-refractivity contribution in [2.24, 2.45) is 0 Å². The molecule has 48 heavy (non-hydrogen) atoms. The predicted molar refractivity (Wildman–Crippen MR) is 189 cm³/mol. The third kappa shape index (κ3) is 11.0. The van der Waals surface area contributed by atoms with Gasteiger partial charge in [-0.1, -0.05) is 98.8 Å². The average Bonchev–Trinajstić information content (AvgIpc) is 3.13. The van der Waals surface area contributed by atoms with Gasteiger partial charge in [-0.15, -0.1) is 23.5 Å². The monoisotopic (exact) mass is 688 g/mol. The molecule has 0 spiro atoms. The molecule has 4 aromatic rings. The molecule has 0 unspecified atom stereocenters. The molecule has 0 saturated heterocycles. The fourth-order valence-corrected chi connectivity index (χ4v) is 7.35. The van der Waals surface area contributed by atoms with Gasteiger partial charge in [0.25, 0.3) is 0 Å². The van der Waals surface area contributed by atoms with Crippen LogP contribution in [0.2, 0.25) is 0 Å². The standard InChI is InChI=1S/C38H40O8S2/c1-3-47-38(48-4-2)32(39)34(46-37(42)30-23-15-8-16-24-30)33(45-36(41)29-21-13-7-14-22-29)31(26-43-25-27-17-9-5-10-18-27)44-35(40)28-19-11-6-12-20-28/h5-24,31-34,38-39H,3-4,25-26H2,1-2H3/t31-,32+,33-,34-/m0/s1. The van der Waals surface area contributed by atoms with Gasteiger partial charge >= 0.3 is 17.9 Å². The zero-order valence-electron chi connectivity index (χ0n) is 26.9. The Hall–Kier alpha value is -4.09. The van der Waals surface area contributed by atoms with E-state index in [1.54, 1.807) is 91.0 Å². The van der Waals surface area contributed by atoms with E-state index >= 15 is 0 Å². The van der Waals surface area contributed by atoms with Crippen molar-refractivity contribution in [2.45, 2.75) is 49.5 Å². The predicted octanol–water partition coefficient (Wildman–Crippen LogP) is 7.07. The molecule has 0 aliphatic heterocycles. The van der Waals surface area contributed by atoms with Gasteiger partial charge in [-0.05, 0) is 53.5 Å². The second-order valence-corrected chi connectivity index (χ2v) is 13.7. The highest BCUT2D eigenvalue weighted by Crippen LogP contribution is 2.32. The Kier molecular flexibility index (Phi) is 15.1. The molecule has 1 N–H and O–H groups in total. The molecular weight excluding hydrogens is 649 g/mol. The number of rotatable bonds is 18. The van der Waals surface area contributed by atoms with Crippen molar-refractivity contribution in [1.29, 1.82) is 0 Å². The molecule has 4 atom stereocenters. The Morgan fingerprint density at radius 2 is 0.979 bits per heavy atom. The van der Waals surface area contributed by atoms with Crippen LogP contribution in [0, 0.1) is 0 Å². The van der Waals surface area contributed by atoms with Gasteiger partial charge in [0.05, 0.1) is 34.5 Å². The minimum atomic E-state index is -1.47. The van der Waals surface area contributed by atoms with E-state index < -0.39 is 46.9 Å². The smallest absolute Gasteiger partial charge is 0.338 e. The lowest BCUT2D eigenvalue weighted by molar-refractivity contribution is -0.132. The molecule has 0 aliphatic rings. The van der Waals surface area contributed by atoms with Crippen LogP contribution in [0.5, 0.6) is 0 Å². The number of thioether (sulfide) groups is 2. The highest BCUT2D eigenvalue weighted by molar-refractivity contribution is 8.17. The van der Waals surface area contributed by atoms with Crippen LogP contribution < -0.4 is 0 Å². The van der Waals surface area contributed by atoms with E-state index in [1.807, 2.05) is 44.2 Å². The maximum Gasteiger partial charge on any atom is 0.338 e. The molecule has 0 fully saturated rings. The molecule has 0 aromatic heterocycles. The molecule has 4 rings (SSSR count). The minimum Gasteiger partial charge on any atom is -0.452 e.